The van der Waals surface area contributed by atoms with E-state index in [-0.39, 0.29) is 18.0 Å². The van der Waals surface area contributed by atoms with Gasteiger partial charge in [0.25, 0.3) is 5.56 Å². The number of hydrogen-bond acceptors (Lipinski definition) is 8. The van der Waals surface area contributed by atoms with E-state index in [0.29, 0.717) is 42.3 Å². The standard InChI is InChI=1S/C23H22N6O3S/c1-32-17-5-3-16(4-6-17)19-13-18-21(33-19)22(31)29(15-26-18)14-20(30)27-9-11-28(12-10-27)23-24-7-2-8-25-23/h2-8,13,15H,9-12,14H2,1H3. The molecule has 3 aromatic heterocycles. The molecule has 1 aromatic carbocycles. The predicted molar refractivity (Wildman–Crippen MR) is 127 cm³/mol. The Bertz CT molecular complexity index is 1330. The molecule has 1 amide bonds. The Labute approximate surface area is 193 Å². The van der Waals surface area contributed by atoms with E-state index in [1.165, 1.54) is 22.2 Å². The molecule has 1 saturated heterocycles. The molecule has 0 atom stereocenters. The molecule has 0 saturated carbocycles. The molecular formula is C23H22N6O3S. The predicted octanol–water partition coefficient (Wildman–Crippen LogP) is 2.27. The minimum absolute atomic E-state index is 0.0284. The van der Waals surface area contributed by atoms with Crippen LogP contribution in [0.3, 0.4) is 0 Å². The van der Waals surface area contributed by atoms with E-state index < -0.39 is 0 Å². The van der Waals surface area contributed by atoms with E-state index in [9.17, 15) is 9.59 Å². The fourth-order valence-electron chi connectivity index (χ4n) is 3.81. The third-order valence-electron chi connectivity index (χ3n) is 5.65. The van der Waals surface area contributed by atoms with Crippen LogP contribution in [0.2, 0.25) is 0 Å². The maximum atomic E-state index is 13.0. The summed E-state index contributed by atoms with van der Waals surface area (Å²) in [5, 5.41) is 0. The summed E-state index contributed by atoms with van der Waals surface area (Å²) in [4.78, 5) is 43.6. The van der Waals surface area contributed by atoms with Crippen molar-refractivity contribution in [2.75, 3.05) is 38.2 Å². The van der Waals surface area contributed by atoms with Crippen LogP contribution in [0.5, 0.6) is 5.75 Å². The minimum Gasteiger partial charge on any atom is -0.497 e. The smallest absolute Gasteiger partial charge is 0.271 e. The number of ether oxygens (including phenoxy) is 1. The zero-order chi connectivity index (χ0) is 22.8. The number of rotatable bonds is 5. The van der Waals surface area contributed by atoms with Gasteiger partial charge in [-0.05, 0) is 42.0 Å². The number of anilines is 1. The number of aromatic nitrogens is 4. The first-order chi connectivity index (χ1) is 16.1. The maximum Gasteiger partial charge on any atom is 0.271 e. The molecule has 0 aliphatic carbocycles. The number of piperazine rings is 1. The van der Waals surface area contributed by atoms with Gasteiger partial charge in [-0.3, -0.25) is 14.2 Å². The van der Waals surface area contributed by atoms with Crippen LogP contribution in [0.15, 0.2) is 59.9 Å². The van der Waals surface area contributed by atoms with Gasteiger partial charge >= 0.3 is 0 Å². The lowest BCUT2D eigenvalue weighted by Crippen LogP contribution is -2.50. The van der Waals surface area contributed by atoms with Crippen molar-refractivity contribution in [3.63, 3.8) is 0 Å². The fourth-order valence-corrected chi connectivity index (χ4v) is 4.88. The molecule has 0 bridgehead atoms. The van der Waals surface area contributed by atoms with Gasteiger partial charge in [-0.15, -0.1) is 11.3 Å². The highest BCUT2D eigenvalue weighted by atomic mass is 32.1. The molecule has 168 valence electrons. The van der Waals surface area contributed by atoms with Gasteiger partial charge in [0.1, 0.15) is 17.0 Å². The highest BCUT2D eigenvalue weighted by Gasteiger charge is 2.23. The molecule has 10 heteroatoms. The van der Waals surface area contributed by atoms with Crippen LogP contribution in [0.4, 0.5) is 5.95 Å². The van der Waals surface area contributed by atoms with Crippen LogP contribution >= 0.6 is 11.3 Å². The molecule has 9 nitrogen and oxygen atoms in total. The lowest BCUT2D eigenvalue weighted by molar-refractivity contribution is -0.132. The summed E-state index contributed by atoms with van der Waals surface area (Å²) >= 11 is 1.38. The van der Waals surface area contributed by atoms with E-state index in [0.717, 1.165) is 16.2 Å². The Morgan fingerprint density at radius 3 is 2.48 bits per heavy atom. The molecule has 1 aliphatic rings. The highest BCUT2D eigenvalue weighted by Crippen LogP contribution is 2.31. The average molecular weight is 463 g/mol. The maximum absolute atomic E-state index is 13.0. The van der Waals surface area contributed by atoms with Crippen molar-refractivity contribution in [2.24, 2.45) is 0 Å². The van der Waals surface area contributed by atoms with Gasteiger partial charge in [-0.25, -0.2) is 15.0 Å². The van der Waals surface area contributed by atoms with Crippen LogP contribution in [0, 0.1) is 0 Å². The second kappa shape index (κ2) is 8.99. The van der Waals surface area contributed by atoms with Crippen LogP contribution in [-0.2, 0) is 11.3 Å². The van der Waals surface area contributed by atoms with E-state index in [2.05, 4.69) is 19.9 Å². The normalized spacial score (nSPS) is 14.0. The Balaban J connectivity index is 1.29. The second-order valence-electron chi connectivity index (χ2n) is 7.65. The number of fused-ring (bicyclic) bond motifs is 1. The van der Waals surface area contributed by atoms with E-state index in [1.807, 2.05) is 30.3 Å². The van der Waals surface area contributed by atoms with Crippen molar-refractivity contribution in [2.45, 2.75) is 6.54 Å². The van der Waals surface area contributed by atoms with Crippen molar-refractivity contribution in [3.8, 4) is 16.2 Å². The Kier molecular flexibility index (Phi) is 5.74. The molecular weight excluding hydrogens is 440 g/mol. The molecule has 4 aromatic rings. The third-order valence-corrected chi connectivity index (χ3v) is 6.81. The molecule has 33 heavy (non-hydrogen) atoms. The van der Waals surface area contributed by atoms with Gasteiger partial charge in [-0.1, -0.05) is 0 Å². The Hall–Kier alpha value is -3.79. The molecule has 1 fully saturated rings. The number of carbonyl (C=O) groups is 1. The SMILES string of the molecule is COc1ccc(-c2cc3ncn(CC(=O)N4CCN(c5ncccn5)CC4)c(=O)c3s2)cc1. The van der Waals surface area contributed by atoms with E-state index in [4.69, 9.17) is 4.74 Å². The zero-order valence-corrected chi connectivity index (χ0v) is 18.9. The second-order valence-corrected chi connectivity index (χ2v) is 8.70. The summed E-state index contributed by atoms with van der Waals surface area (Å²) in [6, 6.07) is 11.3. The monoisotopic (exact) mass is 462 g/mol. The third kappa shape index (κ3) is 4.29. The number of thiophene rings is 1. The summed E-state index contributed by atoms with van der Waals surface area (Å²) in [5.74, 6) is 1.34. The Morgan fingerprint density at radius 2 is 1.79 bits per heavy atom. The summed E-state index contributed by atoms with van der Waals surface area (Å²) in [5.41, 5.74) is 1.42. The zero-order valence-electron chi connectivity index (χ0n) is 18.0. The molecule has 0 unspecified atom stereocenters. The van der Waals surface area contributed by atoms with Crippen LogP contribution in [-0.4, -0.2) is 63.6 Å². The van der Waals surface area contributed by atoms with Crippen molar-refractivity contribution < 1.29 is 9.53 Å². The number of methoxy groups -OCH3 is 1. The summed E-state index contributed by atoms with van der Waals surface area (Å²) in [6.45, 7) is 2.39. The molecule has 4 heterocycles. The summed E-state index contributed by atoms with van der Waals surface area (Å²) in [7, 11) is 1.62. The van der Waals surface area contributed by atoms with Gasteiger partial charge in [0.05, 0.1) is 19.0 Å². The summed E-state index contributed by atoms with van der Waals surface area (Å²) in [6.07, 6.45) is 4.88. The van der Waals surface area contributed by atoms with Crippen molar-refractivity contribution in [3.05, 3.63) is 65.5 Å². The number of carbonyl (C=O) groups excluding carboxylic acids is 1. The largest absolute Gasteiger partial charge is 0.497 e. The van der Waals surface area contributed by atoms with E-state index >= 15 is 0 Å². The first-order valence-corrected chi connectivity index (χ1v) is 11.4. The van der Waals surface area contributed by atoms with Gasteiger partial charge in [0, 0.05) is 43.4 Å². The van der Waals surface area contributed by atoms with Gasteiger partial charge < -0.3 is 14.5 Å². The fraction of sp³-hybridized carbons (Fsp3) is 0.261. The first-order valence-electron chi connectivity index (χ1n) is 10.6. The number of hydrogen-bond donors (Lipinski definition) is 0. The van der Waals surface area contributed by atoms with Crippen molar-refractivity contribution in [1.29, 1.82) is 0 Å². The summed E-state index contributed by atoms with van der Waals surface area (Å²) < 4.78 is 7.15. The minimum atomic E-state index is -0.200. The first kappa shape index (κ1) is 21.1. The average Bonchev–Trinajstić information content (AvgIpc) is 3.32. The topological polar surface area (TPSA) is 93.5 Å². The van der Waals surface area contributed by atoms with E-state index in [1.54, 1.807) is 30.5 Å². The number of amides is 1. The van der Waals surface area contributed by atoms with Gasteiger partial charge in [0.15, 0.2) is 0 Å². The van der Waals surface area contributed by atoms with Crippen LogP contribution in [0.25, 0.3) is 20.7 Å². The van der Waals surface area contributed by atoms with Crippen LogP contribution in [0.1, 0.15) is 0 Å². The van der Waals surface area contributed by atoms with Gasteiger partial charge in [-0.2, -0.15) is 0 Å². The molecule has 0 spiro atoms. The molecule has 5 rings (SSSR count). The van der Waals surface area contributed by atoms with Crippen molar-refractivity contribution in [1.82, 2.24) is 24.4 Å². The van der Waals surface area contributed by atoms with Crippen LogP contribution < -0.4 is 15.2 Å². The lowest BCUT2D eigenvalue weighted by Gasteiger charge is -2.34. The Morgan fingerprint density at radius 1 is 1.06 bits per heavy atom. The number of nitrogens with zero attached hydrogens (tertiary/aromatic N) is 6. The highest BCUT2D eigenvalue weighted by molar-refractivity contribution is 7.22. The lowest BCUT2D eigenvalue weighted by atomic mass is 10.2. The van der Waals surface area contributed by atoms with Crippen molar-refractivity contribution >= 4 is 33.4 Å². The number of benzene rings is 1. The quantitative estimate of drug-likeness (QED) is 0.449. The molecule has 0 radical (unpaired) electrons. The molecule has 0 N–H and O–H groups in total. The molecule has 1 aliphatic heterocycles. The van der Waals surface area contributed by atoms with Gasteiger partial charge in [0.2, 0.25) is 11.9 Å².